The molecule has 0 spiro atoms. The van der Waals surface area contributed by atoms with Gasteiger partial charge in [-0.1, -0.05) is 18.2 Å². The predicted octanol–water partition coefficient (Wildman–Crippen LogP) is 2.89. The molecule has 0 bridgehead atoms. The molecule has 0 saturated carbocycles. The Morgan fingerprint density at radius 2 is 1.84 bits per heavy atom. The lowest BCUT2D eigenvalue weighted by atomic mass is 10.0. The Bertz CT molecular complexity index is 910. The molecule has 6 heteroatoms. The molecule has 2 aromatic heterocycles. The lowest BCUT2D eigenvalue weighted by molar-refractivity contribution is -0.137. The number of nitrogens with one attached hydrogen (secondary N) is 1. The molecule has 0 fully saturated rings. The van der Waals surface area contributed by atoms with Gasteiger partial charge in [0.1, 0.15) is 0 Å². The SMILES string of the molecule is O=C(O)CCCNC(=O)c1cc(-c2ccncc2)nc2ccccc12. The van der Waals surface area contributed by atoms with Crippen LogP contribution in [-0.2, 0) is 4.79 Å². The smallest absolute Gasteiger partial charge is 0.303 e. The number of nitrogens with zero attached hydrogens (tertiary/aromatic N) is 2. The van der Waals surface area contributed by atoms with Crippen molar-refractivity contribution in [3.05, 3.63) is 60.4 Å². The zero-order valence-electron chi connectivity index (χ0n) is 13.5. The molecule has 1 amide bonds. The van der Waals surface area contributed by atoms with Gasteiger partial charge in [0.2, 0.25) is 0 Å². The normalized spacial score (nSPS) is 10.6. The van der Waals surface area contributed by atoms with Crippen molar-refractivity contribution >= 4 is 22.8 Å². The van der Waals surface area contributed by atoms with Crippen LogP contribution in [0.25, 0.3) is 22.2 Å². The van der Waals surface area contributed by atoms with E-state index in [4.69, 9.17) is 5.11 Å². The van der Waals surface area contributed by atoms with Gasteiger partial charge in [-0.2, -0.15) is 0 Å². The highest BCUT2D eigenvalue weighted by Gasteiger charge is 2.13. The number of hydrogen-bond acceptors (Lipinski definition) is 4. The summed E-state index contributed by atoms with van der Waals surface area (Å²) < 4.78 is 0. The van der Waals surface area contributed by atoms with E-state index in [9.17, 15) is 9.59 Å². The van der Waals surface area contributed by atoms with Crippen LogP contribution in [0.1, 0.15) is 23.2 Å². The lowest BCUT2D eigenvalue weighted by Gasteiger charge is -2.10. The van der Waals surface area contributed by atoms with Gasteiger partial charge in [-0.3, -0.25) is 14.6 Å². The number of amides is 1. The molecule has 0 saturated heterocycles. The summed E-state index contributed by atoms with van der Waals surface area (Å²) in [5, 5.41) is 12.2. The van der Waals surface area contributed by atoms with E-state index in [0.29, 0.717) is 24.2 Å². The first-order valence-electron chi connectivity index (χ1n) is 7.95. The summed E-state index contributed by atoms with van der Waals surface area (Å²) in [5.41, 5.74) is 2.82. The van der Waals surface area contributed by atoms with E-state index in [2.05, 4.69) is 15.3 Å². The second kappa shape index (κ2) is 7.53. The molecule has 1 aromatic carbocycles. The number of carboxylic acid groups (broad SMARTS) is 1. The van der Waals surface area contributed by atoms with Crippen molar-refractivity contribution < 1.29 is 14.7 Å². The van der Waals surface area contributed by atoms with Gasteiger partial charge in [-0.15, -0.1) is 0 Å². The minimum Gasteiger partial charge on any atom is -0.481 e. The molecule has 2 heterocycles. The van der Waals surface area contributed by atoms with Crippen molar-refractivity contribution in [3.63, 3.8) is 0 Å². The second-order valence-corrected chi connectivity index (χ2v) is 5.56. The van der Waals surface area contributed by atoms with E-state index in [0.717, 1.165) is 16.5 Å². The first-order valence-corrected chi connectivity index (χ1v) is 7.95. The van der Waals surface area contributed by atoms with Crippen molar-refractivity contribution in [2.45, 2.75) is 12.8 Å². The van der Waals surface area contributed by atoms with Crippen molar-refractivity contribution in [3.8, 4) is 11.3 Å². The number of carbonyl (C=O) groups is 2. The van der Waals surface area contributed by atoms with Gasteiger partial charge in [0, 0.05) is 36.3 Å². The van der Waals surface area contributed by atoms with Gasteiger partial charge in [-0.25, -0.2) is 4.98 Å². The third kappa shape index (κ3) is 3.98. The van der Waals surface area contributed by atoms with Crippen LogP contribution in [0.5, 0.6) is 0 Å². The molecular weight excluding hydrogens is 318 g/mol. The lowest BCUT2D eigenvalue weighted by Crippen LogP contribution is -2.25. The summed E-state index contributed by atoms with van der Waals surface area (Å²) in [6.07, 6.45) is 3.77. The van der Waals surface area contributed by atoms with Gasteiger partial charge in [-0.05, 0) is 30.7 Å². The number of fused-ring (bicyclic) bond motifs is 1. The van der Waals surface area contributed by atoms with E-state index in [1.807, 2.05) is 36.4 Å². The zero-order chi connectivity index (χ0) is 17.6. The number of pyridine rings is 2. The van der Waals surface area contributed by atoms with E-state index < -0.39 is 5.97 Å². The number of rotatable bonds is 6. The summed E-state index contributed by atoms with van der Waals surface area (Å²) >= 11 is 0. The van der Waals surface area contributed by atoms with E-state index in [1.54, 1.807) is 18.5 Å². The Labute approximate surface area is 144 Å². The molecule has 0 aliphatic rings. The average Bonchev–Trinajstić information content (AvgIpc) is 2.64. The van der Waals surface area contributed by atoms with Crippen LogP contribution >= 0.6 is 0 Å². The van der Waals surface area contributed by atoms with Crippen molar-refractivity contribution in [2.75, 3.05) is 6.54 Å². The molecule has 0 radical (unpaired) electrons. The Morgan fingerprint density at radius 1 is 1.08 bits per heavy atom. The fraction of sp³-hybridized carbons (Fsp3) is 0.158. The number of aliphatic carboxylic acids is 1. The average molecular weight is 335 g/mol. The molecule has 126 valence electrons. The maximum atomic E-state index is 12.6. The number of benzene rings is 1. The quantitative estimate of drug-likeness (QED) is 0.676. The molecule has 3 aromatic rings. The molecule has 25 heavy (non-hydrogen) atoms. The summed E-state index contributed by atoms with van der Waals surface area (Å²) in [6, 6.07) is 12.9. The first kappa shape index (κ1) is 16.6. The molecule has 0 unspecified atom stereocenters. The fourth-order valence-corrected chi connectivity index (χ4v) is 2.57. The number of hydrogen-bond donors (Lipinski definition) is 2. The highest BCUT2D eigenvalue weighted by molar-refractivity contribution is 6.07. The molecule has 0 aliphatic carbocycles. The molecule has 6 nitrogen and oxygen atoms in total. The van der Waals surface area contributed by atoms with Crippen LogP contribution in [0.4, 0.5) is 0 Å². The van der Waals surface area contributed by atoms with E-state index >= 15 is 0 Å². The number of aromatic nitrogens is 2. The second-order valence-electron chi connectivity index (χ2n) is 5.56. The number of carboxylic acids is 1. The Balaban J connectivity index is 1.93. The summed E-state index contributed by atoms with van der Waals surface area (Å²) in [7, 11) is 0. The summed E-state index contributed by atoms with van der Waals surface area (Å²) in [6.45, 7) is 0.312. The third-order valence-electron chi connectivity index (χ3n) is 3.79. The minimum atomic E-state index is -0.872. The van der Waals surface area contributed by atoms with Crippen LogP contribution in [0.2, 0.25) is 0 Å². The molecule has 0 atom stereocenters. The van der Waals surface area contributed by atoms with Gasteiger partial charge < -0.3 is 10.4 Å². The zero-order valence-corrected chi connectivity index (χ0v) is 13.5. The molecule has 0 aliphatic heterocycles. The van der Waals surface area contributed by atoms with Gasteiger partial charge >= 0.3 is 5.97 Å². The maximum Gasteiger partial charge on any atom is 0.303 e. The highest BCUT2D eigenvalue weighted by Crippen LogP contribution is 2.24. The Hall–Kier alpha value is -3.28. The molecular formula is C19H17N3O3. The maximum absolute atomic E-state index is 12.6. The highest BCUT2D eigenvalue weighted by atomic mass is 16.4. The topological polar surface area (TPSA) is 92.2 Å². The third-order valence-corrected chi connectivity index (χ3v) is 3.79. The first-order chi connectivity index (χ1) is 12.1. The van der Waals surface area contributed by atoms with Crippen LogP contribution in [-0.4, -0.2) is 33.5 Å². The number of para-hydroxylation sites is 1. The molecule has 3 rings (SSSR count). The molecule has 2 N–H and O–H groups in total. The predicted molar refractivity (Wildman–Crippen MR) is 94.2 cm³/mol. The Morgan fingerprint density at radius 3 is 2.60 bits per heavy atom. The number of carbonyl (C=O) groups excluding carboxylic acids is 1. The largest absolute Gasteiger partial charge is 0.481 e. The summed E-state index contributed by atoms with van der Waals surface area (Å²) in [5.74, 6) is -1.11. The summed E-state index contributed by atoms with van der Waals surface area (Å²) in [4.78, 5) is 31.8. The Kier molecular flexibility index (Phi) is 4.99. The standard InChI is InChI=1S/C19H17N3O3/c23-18(24)6-3-9-21-19(25)15-12-17(13-7-10-20-11-8-13)22-16-5-2-1-4-14(15)16/h1-2,4-5,7-8,10-12H,3,6,9H2,(H,21,25)(H,23,24). The van der Waals surface area contributed by atoms with Crippen LogP contribution in [0, 0.1) is 0 Å². The fourth-order valence-electron chi connectivity index (χ4n) is 2.57. The van der Waals surface area contributed by atoms with Crippen LogP contribution in [0.15, 0.2) is 54.9 Å². The van der Waals surface area contributed by atoms with E-state index in [1.165, 1.54) is 0 Å². The monoisotopic (exact) mass is 335 g/mol. The van der Waals surface area contributed by atoms with Crippen LogP contribution < -0.4 is 5.32 Å². The van der Waals surface area contributed by atoms with E-state index in [-0.39, 0.29) is 12.3 Å². The minimum absolute atomic E-state index is 0.0274. The van der Waals surface area contributed by atoms with Gasteiger partial charge in [0.25, 0.3) is 5.91 Å². The van der Waals surface area contributed by atoms with Crippen molar-refractivity contribution in [1.82, 2.24) is 15.3 Å². The van der Waals surface area contributed by atoms with Crippen molar-refractivity contribution in [2.24, 2.45) is 0 Å². The van der Waals surface area contributed by atoms with Gasteiger partial charge in [0.15, 0.2) is 0 Å². The van der Waals surface area contributed by atoms with Gasteiger partial charge in [0.05, 0.1) is 16.8 Å². The van der Waals surface area contributed by atoms with Crippen LogP contribution in [0.3, 0.4) is 0 Å². The van der Waals surface area contributed by atoms with Crippen molar-refractivity contribution in [1.29, 1.82) is 0 Å².